The molecule has 0 radical (unpaired) electrons. The van der Waals surface area contributed by atoms with Crippen LogP contribution in [0.4, 0.5) is 11.4 Å². The van der Waals surface area contributed by atoms with Crippen molar-refractivity contribution in [1.29, 1.82) is 0 Å². The Morgan fingerprint density at radius 1 is 0.939 bits per heavy atom. The molecule has 0 spiro atoms. The van der Waals surface area contributed by atoms with Gasteiger partial charge >= 0.3 is 0 Å². The summed E-state index contributed by atoms with van der Waals surface area (Å²) in [7, 11) is 2.85. The number of methoxy groups -OCH3 is 2. The number of ether oxygens (including phenoxy) is 4. The second-order valence-corrected chi connectivity index (χ2v) is 7.31. The monoisotopic (exact) mass is 497 g/mol. The number of ketones is 1. The Labute approximate surface area is 202 Å². The topological polar surface area (TPSA) is 108 Å². The fourth-order valence-corrected chi connectivity index (χ4v) is 3.19. The molecule has 0 saturated heterocycles. The Hall–Kier alpha value is -3.04. The van der Waals surface area contributed by atoms with Gasteiger partial charge in [-0.25, -0.2) is 0 Å². The highest BCUT2D eigenvalue weighted by atomic mass is 35.5. The average Bonchev–Trinajstić information content (AvgIpc) is 2.77. The van der Waals surface area contributed by atoms with Gasteiger partial charge < -0.3 is 24.3 Å². The second-order valence-electron chi connectivity index (χ2n) is 6.53. The summed E-state index contributed by atoms with van der Waals surface area (Å²) in [5, 5.41) is 11.2. The number of rotatable bonds is 11. The van der Waals surface area contributed by atoms with Gasteiger partial charge in [0.15, 0.2) is 5.78 Å². The molecular formula is C22H25Cl2N3O6. The third-order valence-corrected chi connectivity index (χ3v) is 4.91. The highest BCUT2D eigenvalue weighted by Gasteiger charge is 2.25. The van der Waals surface area contributed by atoms with E-state index in [0.717, 1.165) is 0 Å². The van der Waals surface area contributed by atoms with Crippen molar-refractivity contribution in [2.24, 2.45) is 10.2 Å². The summed E-state index contributed by atoms with van der Waals surface area (Å²) >= 11 is 12.4. The number of anilines is 1. The quantitative estimate of drug-likeness (QED) is 0.324. The Kier molecular flexibility index (Phi) is 9.74. The van der Waals surface area contributed by atoms with E-state index in [0.29, 0.717) is 46.2 Å². The SMILES string of the molecule is CCOc1cc(N=NC(C(C)=O)C(=O)Nc2cc(OC)c(Cl)cc2OC)cc(OCC)c1Cl. The van der Waals surface area contributed by atoms with Gasteiger partial charge in [-0.05, 0) is 20.8 Å². The molecule has 1 N–H and O–H groups in total. The minimum atomic E-state index is -1.42. The van der Waals surface area contributed by atoms with E-state index >= 15 is 0 Å². The van der Waals surface area contributed by atoms with Crippen LogP contribution in [0, 0.1) is 0 Å². The van der Waals surface area contributed by atoms with Crippen molar-refractivity contribution in [2.45, 2.75) is 26.8 Å². The summed E-state index contributed by atoms with van der Waals surface area (Å²) < 4.78 is 21.4. The zero-order chi connectivity index (χ0) is 24.5. The Morgan fingerprint density at radius 2 is 1.52 bits per heavy atom. The number of halogens is 2. The highest BCUT2D eigenvalue weighted by Crippen LogP contribution is 2.39. The Bertz CT molecular complexity index is 1020. The first kappa shape index (κ1) is 26.2. The molecule has 0 fully saturated rings. The van der Waals surface area contributed by atoms with Gasteiger partial charge in [0.1, 0.15) is 28.0 Å². The first-order chi connectivity index (χ1) is 15.7. The molecule has 11 heteroatoms. The lowest BCUT2D eigenvalue weighted by Crippen LogP contribution is -2.32. The van der Waals surface area contributed by atoms with Gasteiger partial charge in [0.2, 0.25) is 6.04 Å². The van der Waals surface area contributed by atoms with Crippen LogP contribution in [0.1, 0.15) is 20.8 Å². The first-order valence-corrected chi connectivity index (χ1v) is 10.7. The maximum absolute atomic E-state index is 12.8. The summed E-state index contributed by atoms with van der Waals surface area (Å²) in [5.74, 6) is 0.0792. The van der Waals surface area contributed by atoms with Crippen LogP contribution in [0.2, 0.25) is 10.0 Å². The summed E-state index contributed by atoms with van der Waals surface area (Å²) in [5.41, 5.74) is 0.560. The molecule has 2 rings (SSSR count). The standard InChI is InChI=1S/C22H25Cl2N3O6/c1-6-32-18-8-13(9-19(20(18)24)33-7-2)26-27-21(12(3)28)22(29)25-15-11-16(30-4)14(23)10-17(15)31-5/h8-11,21H,6-7H2,1-5H3,(H,25,29). The third-order valence-electron chi connectivity index (χ3n) is 4.24. The molecule has 0 saturated carbocycles. The molecule has 1 unspecified atom stereocenters. The molecule has 0 aliphatic heterocycles. The van der Waals surface area contributed by atoms with Crippen LogP contribution in [0.5, 0.6) is 23.0 Å². The minimum Gasteiger partial charge on any atom is -0.495 e. The summed E-state index contributed by atoms with van der Waals surface area (Å²) in [6.45, 7) is 5.59. The van der Waals surface area contributed by atoms with Crippen LogP contribution in [0.15, 0.2) is 34.5 Å². The van der Waals surface area contributed by atoms with Gasteiger partial charge in [0.25, 0.3) is 5.91 Å². The molecule has 0 aliphatic carbocycles. The van der Waals surface area contributed by atoms with Crippen molar-refractivity contribution in [1.82, 2.24) is 0 Å². The van der Waals surface area contributed by atoms with Crippen molar-refractivity contribution in [3.05, 3.63) is 34.3 Å². The van der Waals surface area contributed by atoms with E-state index in [2.05, 4.69) is 15.5 Å². The molecule has 2 aromatic rings. The minimum absolute atomic E-state index is 0.258. The van der Waals surface area contributed by atoms with Crippen LogP contribution < -0.4 is 24.3 Å². The normalized spacial score (nSPS) is 11.7. The van der Waals surface area contributed by atoms with E-state index in [9.17, 15) is 9.59 Å². The Balaban J connectivity index is 2.35. The van der Waals surface area contributed by atoms with Crippen molar-refractivity contribution in [3.8, 4) is 23.0 Å². The third kappa shape index (κ3) is 6.72. The number of carbonyl (C=O) groups excluding carboxylic acids is 2. The summed E-state index contributed by atoms with van der Waals surface area (Å²) in [6.07, 6.45) is 0. The molecule has 0 heterocycles. The van der Waals surface area contributed by atoms with Gasteiger partial charge in [-0.15, -0.1) is 0 Å². The smallest absolute Gasteiger partial charge is 0.258 e. The summed E-state index contributed by atoms with van der Waals surface area (Å²) in [6, 6.07) is 4.63. The molecule has 0 aromatic heterocycles. The predicted octanol–water partition coefficient (Wildman–Crippen LogP) is 5.49. The highest BCUT2D eigenvalue weighted by molar-refractivity contribution is 6.33. The van der Waals surface area contributed by atoms with Gasteiger partial charge in [0, 0.05) is 24.3 Å². The largest absolute Gasteiger partial charge is 0.495 e. The molecule has 9 nitrogen and oxygen atoms in total. The van der Waals surface area contributed by atoms with E-state index in [1.807, 2.05) is 0 Å². The maximum Gasteiger partial charge on any atom is 0.258 e. The van der Waals surface area contributed by atoms with E-state index in [4.69, 9.17) is 42.1 Å². The second kappa shape index (κ2) is 12.3. The molecule has 33 heavy (non-hydrogen) atoms. The average molecular weight is 498 g/mol. The number of benzene rings is 2. The Morgan fingerprint density at radius 3 is 2.00 bits per heavy atom. The molecule has 1 atom stereocenters. The molecule has 0 aliphatic rings. The molecule has 1 amide bonds. The van der Waals surface area contributed by atoms with Crippen LogP contribution in [0.3, 0.4) is 0 Å². The van der Waals surface area contributed by atoms with E-state index in [1.165, 1.54) is 33.3 Å². The fourth-order valence-electron chi connectivity index (χ4n) is 2.74. The summed E-state index contributed by atoms with van der Waals surface area (Å²) in [4.78, 5) is 25.0. The van der Waals surface area contributed by atoms with Crippen LogP contribution in [0.25, 0.3) is 0 Å². The van der Waals surface area contributed by atoms with Crippen molar-refractivity contribution in [3.63, 3.8) is 0 Å². The lowest BCUT2D eigenvalue weighted by atomic mass is 10.2. The van der Waals surface area contributed by atoms with Crippen LogP contribution in [-0.2, 0) is 9.59 Å². The first-order valence-electron chi connectivity index (χ1n) is 9.98. The number of amides is 1. The number of nitrogens with zero attached hydrogens (tertiary/aromatic N) is 2. The van der Waals surface area contributed by atoms with Crippen LogP contribution in [-0.4, -0.2) is 45.2 Å². The number of azo groups is 1. The van der Waals surface area contributed by atoms with Crippen molar-refractivity contribution in [2.75, 3.05) is 32.8 Å². The van der Waals surface area contributed by atoms with Crippen molar-refractivity contribution >= 4 is 46.3 Å². The predicted molar refractivity (Wildman–Crippen MR) is 126 cm³/mol. The molecule has 2 aromatic carbocycles. The van der Waals surface area contributed by atoms with Gasteiger partial charge in [0.05, 0.1) is 43.8 Å². The van der Waals surface area contributed by atoms with Gasteiger partial charge in [-0.3, -0.25) is 9.59 Å². The number of Topliss-reactive ketones (excluding diaryl/α,β-unsaturated/α-hetero) is 1. The molecule has 0 bridgehead atoms. The van der Waals surface area contributed by atoms with E-state index < -0.39 is 17.7 Å². The number of nitrogens with one attached hydrogen (secondary N) is 1. The lowest BCUT2D eigenvalue weighted by molar-refractivity contribution is -0.126. The number of hydrogen-bond acceptors (Lipinski definition) is 8. The van der Waals surface area contributed by atoms with Gasteiger partial charge in [-0.2, -0.15) is 10.2 Å². The number of carbonyl (C=O) groups is 2. The van der Waals surface area contributed by atoms with Gasteiger partial charge in [-0.1, -0.05) is 23.2 Å². The maximum atomic E-state index is 12.8. The number of hydrogen-bond donors (Lipinski definition) is 1. The zero-order valence-electron chi connectivity index (χ0n) is 18.9. The van der Waals surface area contributed by atoms with E-state index in [1.54, 1.807) is 26.0 Å². The fraction of sp³-hybridized carbons (Fsp3) is 0.364. The molecule has 178 valence electrons. The van der Waals surface area contributed by atoms with E-state index in [-0.39, 0.29) is 11.4 Å². The van der Waals surface area contributed by atoms with Crippen molar-refractivity contribution < 1.29 is 28.5 Å². The zero-order valence-corrected chi connectivity index (χ0v) is 20.4. The van der Waals surface area contributed by atoms with Crippen LogP contribution >= 0.6 is 23.2 Å². The molecular weight excluding hydrogens is 473 g/mol. The lowest BCUT2D eigenvalue weighted by Gasteiger charge is -2.15.